The molecule has 2 aromatic rings. The van der Waals surface area contributed by atoms with Crippen LogP contribution in [0.5, 0.6) is 0 Å². The van der Waals surface area contributed by atoms with Gasteiger partial charge in [0.05, 0.1) is 11.0 Å². The highest BCUT2D eigenvalue weighted by molar-refractivity contribution is 5.96. The summed E-state index contributed by atoms with van der Waals surface area (Å²) in [6, 6.07) is 13.8. The molecule has 7 heteroatoms. The smallest absolute Gasteiger partial charge is 0.293 e. The molecule has 0 aliphatic carbocycles. The Hall–Kier alpha value is -2.93. The van der Waals surface area contributed by atoms with Gasteiger partial charge in [-0.3, -0.25) is 14.9 Å². The number of nitro benzene ring substituents is 1. The van der Waals surface area contributed by atoms with Crippen LogP contribution in [-0.2, 0) is 0 Å². The van der Waals surface area contributed by atoms with Gasteiger partial charge in [0.15, 0.2) is 0 Å². The molecule has 0 heterocycles. The molecule has 1 amide bonds. The van der Waals surface area contributed by atoms with E-state index >= 15 is 0 Å². The minimum Gasteiger partial charge on any atom is -0.383 e. The van der Waals surface area contributed by atoms with Crippen LogP contribution < -0.4 is 10.6 Å². The van der Waals surface area contributed by atoms with Crippen molar-refractivity contribution in [2.24, 2.45) is 0 Å². The van der Waals surface area contributed by atoms with E-state index in [0.717, 1.165) is 5.56 Å². The molecule has 0 saturated carbocycles. The molecule has 2 aromatic carbocycles. The highest BCUT2D eigenvalue weighted by Gasteiger charge is 2.20. The first-order chi connectivity index (χ1) is 11.9. The summed E-state index contributed by atoms with van der Waals surface area (Å²) in [5.74, 6) is -0.346. The number of hydrogen-bond donors (Lipinski definition) is 2. The molecule has 0 unspecified atom stereocenters. The number of rotatable bonds is 7. The minimum absolute atomic E-state index is 0.126. The lowest BCUT2D eigenvalue weighted by Crippen LogP contribution is -2.35. The first kappa shape index (κ1) is 18.4. The van der Waals surface area contributed by atoms with Crippen LogP contribution in [0, 0.1) is 10.1 Å². The number of nitrogens with zero attached hydrogens (tertiary/aromatic N) is 2. The molecule has 0 aliphatic rings. The van der Waals surface area contributed by atoms with Gasteiger partial charge in [-0.25, -0.2) is 0 Å². The summed E-state index contributed by atoms with van der Waals surface area (Å²) in [4.78, 5) is 25.3. The Kier molecular flexibility index (Phi) is 6.08. The van der Waals surface area contributed by atoms with Crippen molar-refractivity contribution in [1.29, 1.82) is 0 Å². The normalized spacial score (nSPS) is 11.8. The van der Waals surface area contributed by atoms with Crippen LogP contribution in [0.3, 0.4) is 0 Å². The summed E-state index contributed by atoms with van der Waals surface area (Å²) >= 11 is 0. The van der Waals surface area contributed by atoms with Gasteiger partial charge in [-0.2, -0.15) is 0 Å². The summed E-state index contributed by atoms with van der Waals surface area (Å²) in [6.07, 6.45) is 0. The first-order valence-corrected chi connectivity index (χ1v) is 7.89. The van der Waals surface area contributed by atoms with Gasteiger partial charge in [-0.1, -0.05) is 30.3 Å². The molecule has 0 radical (unpaired) electrons. The number of carbonyl (C=O) groups excluding carboxylic acids is 1. The summed E-state index contributed by atoms with van der Waals surface area (Å²) in [7, 11) is 5.45. The number of hydrogen-bond acceptors (Lipinski definition) is 5. The predicted octanol–water partition coefficient (Wildman–Crippen LogP) is 2.67. The Bertz CT molecular complexity index is 747. The van der Waals surface area contributed by atoms with Gasteiger partial charge in [0, 0.05) is 25.2 Å². The molecule has 0 fully saturated rings. The van der Waals surface area contributed by atoms with Crippen LogP contribution in [0.2, 0.25) is 0 Å². The van der Waals surface area contributed by atoms with E-state index in [9.17, 15) is 14.9 Å². The van der Waals surface area contributed by atoms with Gasteiger partial charge in [0.25, 0.3) is 11.6 Å². The van der Waals surface area contributed by atoms with Crippen LogP contribution in [0.15, 0.2) is 48.5 Å². The lowest BCUT2D eigenvalue weighted by atomic mass is 10.1. The third-order valence-electron chi connectivity index (χ3n) is 3.78. The zero-order chi connectivity index (χ0) is 18.4. The Labute approximate surface area is 146 Å². The fourth-order valence-corrected chi connectivity index (χ4v) is 2.56. The van der Waals surface area contributed by atoms with Gasteiger partial charge in [-0.15, -0.1) is 0 Å². The van der Waals surface area contributed by atoms with Crippen LogP contribution in [0.25, 0.3) is 0 Å². The van der Waals surface area contributed by atoms with Gasteiger partial charge < -0.3 is 15.5 Å². The molecule has 0 aromatic heterocycles. The second kappa shape index (κ2) is 8.25. The van der Waals surface area contributed by atoms with Crippen LogP contribution in [0.1, 0.15) is 22.0 Å². The zero-order valence-electron chi connectivity index (χ0n) is 14.5. The summed E-state index contributed by atoms with van der Waals surface area (Å²) < 4.78 is 0. The standard InChI is InChI=1S/C18H22N4O3/c1-19-15-10-9-14(11-17(15)22(24)25)18(23)20-16(12-21(2)3)13-7-5-4-6-8-13/h4-11,16,19H,12H2,1-3H3,(H,20,23)/t16-/m1/s1. The van der Waals surface area contributed by atoms with Crippen molar-refractivity contribution >= 4 is 17.3 Å². The largest absolute Gasteiger partial charge is 0.383 e. The quantitative estimate of drug-likeness (QED) is 0.597. The summed E-state index contributed by atoms with van der Waals surface area (Å²) in [6.45, 7) is 0.618. The number of nitro groups is 1. The van der Waals surface area contributed by atoms with Crippen LogP contribution >= 0.6 is 0 Å². The molecular weight excluding hydrogens is 320 g/mol. The van der Waals surface area contributed by atoms with E-state index in [-0.39, 0.29) is 23.2 Å². The Morgan fingerprint density at radius 3 is 2.44 bits per heavy atom. The predicted molar refractivity (Wildman–Crippen MR) is 97.8 cm³/mol. The Morgan fingerprint density at radius 2 is 1.88 bits per heavy atom. The van der Waals surface area contributed by atoms with Crippen molar-refractivity contribution in [3.63, 3.8) is 0 Å². The molecule has 0 saturated heterocycles. The fourth-order valence-electron chi connectivity index (χ4n) is 2.56. The number of amides is 1. The van der Waals surface area contributed by atoms with Crippen molar-refractivity contribution in [3.05, 3.63) is 69.8 Å². The van der Waals surface area contributed by atoms with Gasteiger partial charge in [0.2, 0.25) is 0 Å². The zero-order valence-corrected chi connectivity index (χ0v) is 14.5. The molecular formula is C18H22N4O3. The van der Waals surface area contributed by atoms with E-state index in [1.54, 1.807) is 13.1 Å². The first-order valence-electron chi connectivity index (χ1n) is 7.89. The fraction of sp³-hybridized carbons (Fsp3) is 0.278. The van der Waals surface area contributed by atoms with Crippen LogP contribution in [-0.4, -0.2) is 43.4 Å². The topological polar surface area (TPSA) is 87.5 Å². The highest BCUT2D eigenvalue weighted by atomic mass is 16.6. The molecule has 25 heavy (non-hydrogen) atoms. The maximum Gasteiger partial charge on any atom is 0.293 e. The van der Waals surface area contributed by atoms with Gasteiger partial charge in [-0.05, 0) is 31.8 Å². The second-order valence-corrected chi connectivity index (χ2v) is 5.94. The number of benzene rings is 2. The van der Waals surface area contributed by atoms with Gasteiger partial charge in [0.1, 0.15) is 5.69 Å². The average Bonchev–Trinajstić information content (AvgIpc) is 2.60. The van der Waals surface area contributed by atoms with Gasteiger partial charge >= 0.3 is 0 Å². The van der Waals surface area contributed by atoms with E-state index in [1.807, 2.05) is 49.3 Å². The van der Waals surface area contributed by atoms with Crippen molar-refractivity contribution < 1.29 is 9.72 Å². The Balaban J connectivity index is 2.26. The molecule has 0 aliphatic heterocycles. The third kappa shape index (κ3) is 4.77. The maximum atomic E-state index is 12.6. The van der Waals surface area contributed by atoms with Crippen molar-refractivity contribution in [2.45, 2.75) is 6.04 Å². The van der Waals surface area contributed by atoms with Crippen molar-refractivity contribution in [3.8, 4) is 0 Å². The van der Waals surface area contributed by atoms with E-state index in [1.165, 1.54) is 12.1 Å². The number of anilines is 1. The molecule has 7 nitrogen and oxygen atoms in total. The minimum atomic E-state index is -0.503. The number of carbonyl (C=O) groups is 1. The van der Waals surface area contributed by atoms with E-state index in [4.69, 9.17) is 0 Å². The summed E-state index contributed by atoms with van der Waals surface area (Å²) in [5, 5.41) is 16.9. The van der Waals surface area contributed by atoms with Crippen molar-refractivity contribution in [2.75, 3.05) is 33.0 Å². The van der Waals surface area contributed by atoms with E-state index in [0.29, 0.717) is 12.2 Å². The van der Waals surface area contributed by atoms with Crippen LogP contribution in [0.4, 0.5) is 11.4 Å². The maximum absolute atomic E-state index is 12.6. The monoisotopic (exact) mass is 342 g/mol. The lowest BCUT2D eigenvalue weighted by Gasteiger charge is -2.23. The SMILES string of the molecule is CNc1ccc(C(=O)N[C@H](CN(C)C)c2ccccc2)cc1[N+](=O)[O-]. The Morgan fingerprint density at radius 1 is 1.20 bits per heavy atom. The third-order valence-corrected chi connectivity index (χ3v) is 3.78. The van der Waals surface area contributed by atoms with E-state index < -0.39 is 4.92 Å². The number of nitrogens with one attached hydrogen (secondary N) is 2. The molecule has 0 spiro atoms. The number of likely N-dealkylation sites (N-methyl/N-ethyl adjacent to an activating group) is 1. The molecule has 2 rings (SSSR count). The van der Waals surface area contributed by atoms with E-state index in [2.05, 4.69) is 10.6 Å². The molecule has 132 valence electrons. The summed E-state index contributed by atoms with van der Waals surface area (Å²) in [5.41, 5.74) is 1.48. The average molecular weight is 342 g/mol. The molecule has 0 bridgehead atoms. The van der Waals surface area contributed by atoms with Crippen molar-refractivity contribution in [1.82, 2.24) is 10.2 Å². The lowest BCUT2D eigenvalue weighted by molar-refractivity contribution is -0.384. The molecule has 2 N–H and O–H groups in total. The second-order valence-electron chi connectivity index (χ2n) is 5.94. The highest BCUT2D eigenvalue weighted by Crippen LogP contribution is 2.25. The molecule has 1 atom stereocenters.